The van der Waals surface area contributed by atoms with Gasteiger partial charge in [-0.1, -0.05) is 17.7 Å². The topological polar surface area (TPSA) is 72.5 Å². The average molecular weight is 398 g/mol. The van der Waals surface area contributed by atoms with Crippen LogP contribution in [0.5, 0.6) is 11.5 Å². The molecule has 0 fully saturated rings. The van der Waals surface area contributed by atoms with Crippen molar-refractivity contribution in [2.24, 2.45) is 0 Å². The van der Waals surface area contributed by atoms with Crippen molar-refractivity contribution in [3.8, 4) is 11.5 Å². The second-order valence-electron chi connectivity index (χ2n) is 5.99. The van der Waals surface area contributed by atoms with E-state index in [0.717, 1.165) is 5.56 Å². The molecule has 2 aromatic carbocycles. The molecule has 0 atom stereocenters. The normalized spacial score (nSPS) is 10.3. The molecule has 28 heavy (non-hydrogen) atoms. The minimum atomic E-state index is -0.256. The summed E-state index contributed by atoms with van der Waals surface area (Å²) in [5.41, 5.74) is 2.61. The van der Waals surface area contributed by atoms with Crippen LogP contribution in [0.15, 0.2) is 54.7 Å². The summed E-state index contributed by atoms with van der Waals surface area (Å²) in [6.07, 6.45) is 1.56. The number of nitrogens with zero attached hydrogens (tertiary/aromatic N) is 1. The van der Waals surface area contributed by atoms with Gasteiger partial charge in [0.15, 0.2) is 0 Å². The molecule has 0 aliphatic heterocycles. The Balaban J connectivity index is 1.82. The molecule has 0 bridgehead atoms. The maximum atomic E-state index is 12.7. The number of anilines is 3. The molecule has 2 N–H and O–H groups in total. The number of rotatable bonds is 6. The highest BCUT2D eigenvalue weighted by Crippen LogP contribution is 2.31. The van der Waals surface area contributed by atoms with Gasteiger partial charge in [-0.05, 0) is 48.9 Å². The summed E-state index contributed by atoms with van der Waals surface area (Å²) < 4.78 is 10.6. The number of hydrogen-bond donors (Lipinski definition) is 2. The van der Waals surface area contributed by atoms with Gasteiger partial charge in [0.1, 0.15) is 17.3 Å². The summed E-state index contributed by atoms with van der Waals surface area (Å²) in [6.45, 7) is 1.85. The van der Waals surface area contributed by atoms with Gasteiger partial charge < -0.3 is 20.1 Å². The van der Waals surface area contributed by atoms with Gasteiger partial charge >= 0.3 is 0 Å². The predicted octanol–water partition coefficient (Wildman–Crippen LogP) is 5.06. The third kappa shape index (κ3) is 4.35. The minimum absolute atomic E-state index is 0.256. The Morgan fingerprint density at radius 2 is 1.86 bits per heavy atom. The Labute approximate surface area is 168 Å². The Bertz CT molecular complexity index is 1010. The molecule has 0 aliphatic carbocycles. The van der Waals surface area contributed by atoms with Crippen molar-refractivity contribution >= 4 is 34.7 Å². The molecular formula is C21H20ClN3O3. The number of ether oxygens (including phenoxy) is 2. The Hall–Kier alpha value is -3.25. The summed E-state index contributed by atoms with van der Waals surface area (Å²) in [4.78, 5) is 16.9. The van der Waals surface area contributed by atoms with E-state index in [1.807, 2.05) is 6.92 Å². The molecule has 0 saturated heterocycles. The molecule has 0 saturated carbocycles. The van der Waals surface area contributed by atoms with Gasteiger partial charge in [-0.15, -0.1) is 0 Å². The van der Waals surface area contributed by atoms with Crippen LogP contribution in [0.3, 0.4) is 0 Å². The number of carbonyl (C=O) groups excluding carboxylic acids is 1. The number of aromatic nitrogens is 1. The summed E-state index contributed by atoms with van der Waals surface area (Å²) >= 11 is 6.12. The molecule has 1 heterocycles. The van der Waals surface area contributed by atoms with Crippen LogP contribution >= 0.6 is 11.6 Å². The van der Waals surface area contributed by atoms with Crippen LogP contribution in [-0.2, 0) is 0 Å². The SMILES string of the molecule is COc1ccc(OC)c(Nc2cc(C(=O)Nc3cccc(Cl)c3C)ccn2)c1. The lowest BCUT2D eigenvalue weighted by molar-refractivity contribution is 0.102. The first kappa shape index (κ1) is 19.5. The van der Waals surface area contributed by atoms with E-state index in [0.29, 0.717) is 39.3 Å². The highest BCUT2D eigenvalue weighted by Gasteiger charge is 2.12. The second kappa shape index (κ2) is 8.63. The van der Waals surface area contributed by atoms with Gasteiger partial charge in [0, 0.05) is 28.5 Å². The number of carbonyl (C=O) groups is 1. The van der Waals surface area contributed by atoms with Crippen molar-refractivity contribution in [3.05, 3.63) is 70.9 Å². The molecule has 0 radical (unpaired) electrons. The molecule has 0 aliphatic rings. The van der Waals surface area contributed by atoms with Gasteiger partial charge in [-0.3, -0.25) is 4.79 Å². The van der Waals surface area contributed by atoms with Gasteiger partial charge in [0.2, 0.25) is 0 Å². The maximum absolute atomic E-state index is 12.7. The quantitative estimate of drug-likeness (QED) is 0.608. The zero-order chi connectivity index (χ0) is 20.1. The van der Waals surface area contributed by atoms with Gasteiger partial charge in [0.05, 0.1) is 19.9 Å². The number of amides is 1. The molecule has 3 aromatic rings. The standard InChI is InChI=1S/C21H20ClN3O3/c1-13-16(22)5-4-6-17(13)25-21(26)14-9-10-23-20(11-14)24-18-12-15(27-2)7-8-19(18)28-3/h4-12H,1-3H3,(H,23,24)(H,25,26). The lowest BCUT2D eigenvalue weighted by Gasteiger charge is -2.13. The van der Waals surface area contributed by atoms with E-state index in [1.165, 1.54) is 0 Å². The number of nitrogens with one attached hydrogen (secondary N) is 2. The van der Waals surface area contributed by atoms with Crippen molar-refractivity contribution in [2.45, 2.75) is 6.92 Å². The van der Waals surface area contributed by atoms with Crippen LogP contribution < -0.4 is 20.1 Å². The van der Waals surface area contributed by atoms with Crippen molar-refractivity contribution in [2.75, 3.05) is 24.9 Å². The smallest absolute Gasteiger partial charge is 0.255 e. The number of benzene rings is 2. The first-order valence-electron chi connectivity index (χ1n) is 8.53. The van der Waals surface area contributed by atoms with E-state index in [1.54, 1.807) is 68.9 Å². The molecule has 1 aromatic heterocycles. The third-order valence-corrected chi connectivity index (χ3v) is 4.62. The maximum Gasteiger partial charge on any atom is 0.255 e. The summed E-state index contributed by atoms with van der Waals surface area (Å²) in [7, 11) is 3.17. The number of hydrogen-bond acceptors (Lipinski definition) is 5. The van der Waals surface area contributed by atoms with E-state index in [-0.39, 0.29) is 5.91 Å². The van der Waals surface area contributed by atoms with E-state index in [9.17, 15) is 4.79 Å². The molecule has 3 rings (SSSR count). The van der Waals surface area contributed by atoms with E-state index < -0.39 is 0 Å². The van der Waals surface area contributed by atoms with Crippen LogP contribution in [-0.4, -0.2) is 25.1 Å². The minimum Gasteiger partial charge on any atom is -0.497 e. The summed E-state index contributed by atoms with van der Waals surface area (Å²) in [5, 5.41) is 6.63. The largest absolute Gasteiger partial charge is 0.497 e. The molecule has 7 heteroatoms. The van der Waals surface area contributed by atoms with Crippen LogP contribution in [0.1, 0.15) is 15.9 Å². The van der Waals surface area contributed by atoms with Gasteiger partial charge in [0.25, 0.3) is 5.91 Å². The molecular weight excluding hydrogens is 378 g/mol. The summed E-state index contributed by atoms with van der Waals surface area (Å²) in [6, 6.07) is 14.1. The highest BCUT2D eigenvalue weighted by molar-refractivity contribution is 6.31. The van der Waals surface area contributed by atoms with Gasteiger partial charge in [-0.25, -0.2) is 4.98 Å². The van der Waals surface area contributed by atoms with Crippen LogP contribution in [0.25, 0.3) is 0 Å². The van der Waals surface area contributed by atoms with Gasteiger partial charge in [-0.2, -0.15) is 0 Å². The van der Waals surface area contributed by atoms with E-state index >= 15 is 0 Å². The Kier molecular flexibility index (Phi) is 6.01. The van der Waals surface area contributed by atoms with Crippen molar-refractivity contribution in [3.63, 3.8) is 0 Å². The van der Waals surface area contributed by atoms with Crippen LogP contribution in [0.4, 0.5) is 17.2 Å². The third-order valence-electron chi connectivity index (χ3n) is 4.21. The molecule has 1 amide bonds. The monoisotopic (exact) mass is 397 g/mol. The average Bonchev–Trinajstić information content (AvgIpc) is 2.71. The Morgan fingerprint density at radius 1 is 1.04 bits per heavy atom. The lowest BCUT2D eigenvalue weighted by atomic mass is 10.2. The van der Waals surface area contributed by atoms with Crippen molar-refractivity contribution in [1.82, 2.24) is 4.98 Å². The number of pyridine rings is 1. The number of halogens is 1. The summed E-state index contributed by atoms with van der Waals surface area (Å²) in [5.74, 6) is 1.55. The first-order chi connectivity index (χ1) is 13.5. The fourth-order valence-corrected chi connectivity index (χ4v) is 2.80. The fourth-order valence-electron chi connectivity index (χ4n) is 2.63. The number of methoxy groups -OCH3 is 2. The fraction of sp³-hybridized carbons (Fsp3) is 0.143. The molecule has 0 spiro atoms. The highest BCUT2D eigenvalue weighted by atomic mass is 35.5. The predicted molar refractivity (Wildman–Crippen MR) is 111 cm³/mol. The van der Waals surface area contributed by atoms with Crippen molar-refractivity contribution in [1.29, 1.82) is 0 Å². The van der Waals surface area contributed by atoms with Crippen LogP contribution in [0, 0.1) is 6.92 Å². The lowest BCUT2D eigenvalue weighted by Crippen LogP contribution is -2.13. The second-order valence-corrected chi connectivity index (χ2v) is 6.39. The van der Waals surface area contributed by atoms with Crippen LogP contribution in [0.2, 0.25) is 5.02 Å². The Morgan fingerprint density at radius 3 is 2.61 bits per heavy atom. The van der Waals surface area contributed by atoms with E-state index in [4.69, 9.17) is 21.1 Å². The zero-order valence-electron chi connectivity index (χ0n) is 15.7. The first-order valence-corrected chi connectivity index (χ1v) is 8.91. The van der Waals surface area contributed by atoms with Crippen molar-refractivity contribution < 1.29 is 14.3 Å². The molecule has 144 valence electrons. The zero-order valence-corrected chi connectivity index (χ0v) is 16.5. The molecule has 0 unspecified atom stereocenters. The van der Waals surface area contributed by atoms with E-state index in [2.05, 4.69) is 15.6 Å². The molecule has 6 nitrogen and oxygen atoms in total.